The minimum Gasteiger partial charge on any atom is -0.309 e. The molecule has 10 aromatic rings. The third kappa shape index (κ3) is 4.84. The van der Waals surface area contributed by atoms with E-state index < -0.39 is 0 Å². The fourth-order valence-electron chi connectivity index (χ4n) is 7.62. The minimum atomic E-state index is -0.255. The van der Waals surface area contributed by atoms with Crippen molar-refractivity contribution in [2.45, 2.75) is 0 Å². The van der Waals surface area contributed by atoms with Gasteiger partial charge in [0, 0.05) is 44.0 Å². The Labute approximate surface area is 294 Å². The Hall–Kier alpha value is -6.78. The van der Waals surface area contributed by atoms with Gasteiger partial charge in [-0.3, -0.25) is 0 Å². The van der Waals surface area contributed by atoms with Crippen LogP contribution in [0.25, 0.3) is 88.6 Å². The van der Waals surface area contributed by atoms with Crippen molar-refractivity contribution in [2.24, 2.45) is 0 Å². The molecule has 3 aromatic heterocycles. The van der Waals surface area contributed by atoms with E-state index in [9.17, 15) is 4.39 Å². The zero-order valence-corrected chi connectivity index (χ0v) is 27.5. The van der Waals surface area contributed by atoms with Crippen molar-refractivity contribution >= 4 is 43.6 Å². The van der Waals surface area contributed by atoms with Crippen LogP contribution >= 0.6 is 0 Å². The Bertz CT molecular complexity index is 2920. The van der Waals surface area contributed by atoms with Gasteiger partial charge in [0.25, 0.3) is 0 Å². The van der Waals surface area contributed by atoms with Crippen molar-refractivity contribution in [1.82, 2.24) is 14.1 Å². The smallest absolute Gasteiger partial charge is 0.123 e. The molecule has 4 heteroatoms. The first kappa shape index (κ1) is 29.2. The molecule has 3 heterocycles. The van der Waals surface area contributed by atoms with E-state index in [-0.39, 0.29) is 5.82 Å². The summed E-state index contributed by atoms with van der Waals surface area (Å²) in [6.45, 7) is 0. The van der Waals surface area contributed by atoms with Gasteiger partial charge in [0.15, 0.2) is 0 Å². The molecule has 0 spiro atoms. The van der Waals surface area contributed by atoms with Gasteiger partial charge in [0.1, 0.15) is 5.82 Å². The van der Waals surface area contributed by atoms with Crippen LogP contribution in [0, 0.1) is 5.82 Å². The summed E-state index contributed by atoms with van der Waals surface area (Å²) in [5, 5.41) is 4.89. The third-order valence-corrected chi connectivity index (χ3v) is 9.98. The maximum absolute atomic E-state index is 13.6. The van der Waals surface area contributed by atoms with Gasteiger partial charge in [0.2, 0.25) is 0 Å². The van der Waals surface area contributed by atoms with Crippen LogP contribution in [0.4, 0.5) is 4.39 Å². The minimum absolute atomic E-state index is 0.255. The first-order valence-corrected chi connectivity index (χ1v) is 17.2. The largest absolute Gasteiger partial charge is 0.309 e. The number of rotatable bonds is 5. The first-order chi connectivity index (χ1) is 25.2. The second kappa shape index (κ2) is 11.7. The fourth-order valence-corrected chi connectivity index (χ4v) is 7.62. The van der Waals surface area contributed by atoms with E-state index in [4.69, 9.17) is 4.98 Å². The monoisotopic (exact) mass is 655 g/mol. The van der Waals surface area contributed by atoms with Crippen molar-refractivity contribution in [3.63, 3.8) is 0 Å². The zero-order chi connectivity index (χ0) is 33.9. The van der Waals surface area contributed by atoms with Gasteiger partial charge in [-0.15, -0.1) is 0 Å². The van der Waals surface area contributed by atoms with Crippen LogP contribution in [0.2, 0.25) is 0 Å². The van der Waals surface area contributed by atoms with Crippen LogP contribution < -0.4 is 0 Å². The average Bonchev–Trinajstić information content (AvgIpc) is 3.71. The molecule has 0 saturated heterocycles. The van der Waals surface area contributed by atoms with Gasteiger partial charge in [-0.1, -0.05) is 84.9 Å². The van der Waals surface area contributed by atoms with Crippen LogP contribution in [0.1, 0.15) is 0 Å². The zero-order valence-electron chi connectivity index (χ0n) is 27.5. The lowest BCUT2D eigenvalue weighted by molar-refractivity contribution is 0.628. The summed E-state index contributed by atoms with van der Waals surface area (Å²) in [6.07, 6.45) is 0. The Morgan fingerprint density at radius 2 is 0.824 bits per heavy atom. The molecular formula is C47H30FN3. The number of hydrogen-bond donors (Lipinski definition) is 0. The lowest BCUT2D eigenvalue weighted by atomic mass is 10.0. The lowest BCUT2D eigenvalue weighted by Gasteiger charge is -2.11. The molecule has 51 heavy (non-hydrogen) atoms. The predicted molar refractivity (Wildman–Crippen MR) is 209 cm³/mol. The first-order valence-electron chi connectivity index (χ1n) is 17.2. The number of pyridine rings is 1. The van der Waals surface area contributed by atoms with Crippen LogP contribution in [-0.2, 0) is 0 Å². The number of para-hydroxylation sites is 3. The van der Waals surface area contributed by atoms with E-state index >= 15 is 0 Å². The van der Waals surface area contributed by atoms with Gasteiger partial charge in [-0.05, 0) is 108 Å². The molecule has 0 amide bonds. The summed E-state index contributed by atoms with van der Waals surface area (Å²) in [4.78, 5) is 4.96. The van der Waals surface area contributed by atoms with Crippen LogP contribution in [0.5, 0.6) is 0 Å². The van der Waals surface area contributed by atoms with E-state index in [1.807, 2.05) is 18.2 Å². The molecule has 0 radical (unpaired) electrons. The van der Waals surface area contributed by atoms with Crippen LogP contribution in [0.15, 0.2) is 182 Å². The number of fused-ring (bicyclic) bond motifs is 6. The lowest BCUT2D eigenvalue weighted by Crippen LogP contribution is -1.95. The molecule has 0 N–H and O–H groups in total. The Morgan fingerprint density at radius 3 is 1.47 bits per heavy atom. The van der Waals surface area contributed by atoms with E-state index in [0.29, 0.717) is 0 Å². The van der Waals surface area contributed by atoms with Gasteiger partial charge >= 0.3 is 0 Å². The highest BCUT2D eigenvalue weighted by Crippen LogP contribution is 2.38. The van der Waals surface area contributed by atoms with Gasteiger partial charge in [0.05, 0.1) is 33.5 Å². The van der Waals surface area contributed by atoms with Crippen molar-refractivity contribution in [2.75, 3.05) is 0 Å². The molecule has 0 saturated carbocycles. The van der Waals surface area contributed by atoms with Crippen LogP contribution in [0.3, 0.4) is 0 Å². The highest BCUT2D eigenvalue weighted by atomic mass is 19.1. The summed E-state index contributed by atoms with van der Waals surface area (Å²) in [5.41, 5.74) is 12.9. The Kier molecular flexibility index (Phi) is 6.68. The summed E-state index contributed by atoms with van der Waals surface area (Å²) < 4.78 is 18.3. The van der Waals surface area contributed by atoms with Gasteiger partial charge < -0.3 is 9.13 Å². The second-order valence-electron chi connectivity index (χ2n) is 13.0. The molecular weight excluding hydrogens is 626 g/mol. The highest BCUT2D eigenvalue weighted by molar-refractivity contribution is 6.12. The SMILES string of the molecule is Fc1ccc(-c2cccc(-c3cccc(-n4c5ccccc5c5cc(-c6ccc7c(c6)c6ccccc6n7-c6ccccc6)ccc54)c3)n2)cc1. The second-order valence-corrected chi connectivity index (χ2v) is 13.0. The summed E-state index contributed by atoms with van der Waals surface area (Å²) in [5.74, 6) is -0.255. The molecule has 7 aromatic carbocycles. The molecule has 240 valence electrons. The summed E-state index contributed by atoms with van der Waals surface area (Å²) in [6, 6.07) is 62.6. The Morgan fingerprint density at radius 1 is 0.333 bits per heavy atom. The summed E-state index contributed by atoms with van der Waals surface area (Å²) >= 11 is 0. The molecule has 0 aliphatic rings. The molecule has 10 rings (SSSR count). The van der Waals surface area contributed by atoms with Crippen molar-refractivity contribution < 1.29 is 4.39 Å². The van der Waals surface area contributed by atoms with E-state index in [0.717, 1.165) is 44.9 Å². The molecule has 0 atom stereocenters. The van der Waals surface area contributed by atoms with Gasteiger partial charge in [-0.2, -0.15) is 0 Å². The number of aromatic nitrogens is 3. The highest BCUT2D eigenvalue weighted by Gasteiger charge is 2.16. The number of benzene rings is 7. The number of nitrogens with zero attached hydrogens (tertiary/aromatic N) is 3. The molecule has 0 unspecified atom stereocenters. The normalized spacial score (nSPS) is 11.6. The van der Waals surface area contributed by atoms with E-state index in [1.165, 1.54) is 55.8 Å². The maximum atomic E-state index is 13.6. The Balaban J connectivity index is 1.09. The topological polar surface area (TPSA) is 22.8 Å². The molecule has 0 bridgehead atoms. The number of halogens is 1. The van der Waals surface area contributed by atoms with Crippen molar-refractivity contribution in [1.29, 1.82) is 0 Å². The van der Waals surface area contributed by atoms with Crippen molar-refractivity contribution in [3.05, 3.63) is 188 Å². The molecule has 0 fully saturated rings. The molecule has 0 aliphatic carbocycles. The van der Waals surface area contributed by atoms with E-state index in [2.05, 4.69) is 149 Å². The van der Waals surface area contributed by atoms with Crippen molar-refractivity contribution in [3.8, 4) is 45.0 Å². The maximum Gasteiger partial charge on any atom is 0.123 e. The van der Waals surface area contributed by atoms with Crippen LogP contribution in [-0.4, -0.2) is 14.1 Å². The quantitative estimate of drug-likeness (QED) is 0.181. The molecule has 0 aliphatic heterocycles. The third-order valence-electron chi connectivity index (χ3n) is 9.98. The van der Waals surface area contributed by atoms with Gasteiger partial charge in [-0.25, -0.2) is 9.37 Å². The summed E-state index contributed by atoms with van der Waals surface area (Å²) in [7, 11) is 0. The average molecular weight is 656 g/mol. The molecule has 3 nitrogen and oxygen atoms in total. The predicted octanol–water partition coefficient (Wildman–Crippen LogP) is 12.4. The fraction of sp³-hybridized carbons (Fsp3) is 0. The standard InChI is InChI=1S/C47H30FN3/c48-35-24-20-31(21-25-35)42-16-9-17-43(49-42)34-10-8-13-37(28-34)51-45-19-7-5-15-39(45)41-30-33(23-27-47(41)51)32-22-26-46-40(29-32)38-14-4-6-18-44(38)50(46)36-11-2-1-3-12-36/h1-30H. The number of hydrogen-bond acceptors (Lipinski definition) is 1. The van der Waals surface area contributed by atoms with E-state index in [1.54, 1.807) is 12.1 Å².